The Morgan fingerprint density at radius 3 is 2.90 bits per heavy atom. The first-order chi connectivity index (χ1) is 9.61. The fraction of sp³-hybridized carbons (Fsp3) is 0.462. The molecule has 1 aliphatic heterocycles. The Hall–Kier alpha value is -1.86. The van der Waals surface area contributed by atoms with Gasteiger partial charge in [-0.1, -0.05) is 0 Å². The third kappa shape index (κ3) is 4.30. The lowest BCUT2D eigenvalue weighted by molar-refractivity contribution is -0.385. The van der Waals surface area contributed by atoms with Crippen molar-refractivity contribution in [2.24, 2.45) is 5.92 Å². The Labute approximate surface area is 128 Å². The van der Waals surface area contributed by atoms with E-state index >= 15 is 0 Å². The molecular formula is C13H18ClN3O4. The van der Waals surface area contributed by atoms with Crippen LogP contribution in [0.4, 0.5) is 5.69 Å². The molecule has 1 heterocycles. The molecule has 1 saturated heterocycles. The lowest BCUT2D eigenvalue weighted by Gasteiger charge is -2.10. The number of nitro benzene ring substituents is 1. The maximum Gasteiger partial charge on any atom is 0.310 e. The number of nitrogens with zero attached hydrogens (tertiary/aromatic N) is 1. The van der Waals surface area contributed by atoms with E-state index in [2.05, 4.69) is 10.6 Å². The summed E-state index contributed by atoms with van der Waals surface area (Å²) >= 11 is 0. The maximum absolute atomic E-state index is 12.0. The van der Waals surface area contributed by atoms with E-state index in [1.165, 1.54) is 25.3 Å². The number of methoxy groups -OCH3 is 1. The number of ether oxygens (including phenoxy) is 1. The van der Waals surface area contributed by atoms with Crippen LogP contribution in [0.2, 0.25) is 0 Å². The minimum Gasteiger partial charge on any atom is -0.490 e. The fourth-order valence-corrected chi connectivity index (χ4v) is 2.20. The first-order valence-electron chi connectivity index (χ1n) is 6.43. The summed E-state index contributed by atoms with van der Waals surface area (Å²) < 4.78 is 4.94. The second-order valence-corrected chi connectivity index (χ2v) is 4.71. The maximum atomic E-state index is 12.0. The number of benzene rings is 1. The highest BCUT2D eigenvalue weighted by atomic mass is 35.5. The van der Waals surface area contributed by atoms with Crippen LogP contribution in [0, 0.1) is 16.0 Å². The molecule has 116 valence electrons. The zero-order valence-corrected chi connectivity index (χ0v) is 12.4. The zero-order valence-electron chi connectivity index (χ0n) is 11.6. The number of amides is 1. The third-order valence-electron chi connectivity index (χ3n) is 3.35. The summed E-state index contributed by atoms with van der Waals surface area (Å²) in [7, 11) is 1.34. The first-order valence-corrected chi connectivity index (χ1v) is 6.43. The van der Waals surface area contributed by atoms with Crippen LogP contribution in [-0.2, 0) is 0 Å². The molecule has 2 rings (SSSR count). The average Bonchev–Trinajstić information content (AvgIpc) is 2.97. The number of nitrogens with one attached hydrogen (secondary N) is 2. The minimum atomic E-state index is -0.537. The molecule has 0 aliphatic carbocycles. The molecule has 1 unspecified atom stereocenters. The van der Waals surface area contributed by atoms with Gasteiger partial charge >= 0.3 is 5.69 Å². The van der Waals surface area contributed by atoms with Gasteiger partial charge in [-0.15, -0.1) is 12.4 Å². The molecule has 1 amide bonds. The average molecular weight is 316 g/mol. The fourth-order valence-electron chi connectivity index (χ4n) is 2.20. The number of carbonyl (C=O) groups excluding carboxylic acids is 1. The summed E-state index contributed by atoms with van der Waals surface area (Å²) in [5, 5.41) is 16.8. The molecule has 0 radical (unpaired) electrons. The normalized spacial score (nSPS) is 16.9. The molecule has 1 aromatic carbocycles. The van der Waals surface area contributed by atoms with Crippen LogP contribution >= 0.6 is 12.4 Å². The highest BCUT2D eigenvalue weighted by Gasteiger charge is 2.19. The van der Waals surface area contributed by atoms with Crippen molar-refractivity contribution < 1.29 is 14.5 Å². The Morgan fingerprint density at radius 1 is 1.57 bits per heavy atom. The zero-order chi connectivity index (χ0) is 14.5. The third-order valence-corrected chi connectivity index (χ3v) is 3.35. The van der Waals surface area contributed by atoms with Gasteiger partial charge < -0.3 is 15.4 Å². The topological polar surface area (TPSA) is 93.5 Å². The van der Waals surface area contributed by atoms with E-state index in [0.29, 0.717) is 18.0 Å². The first kappa shape index (κ1) is 17.2. The number of carbonyl (C=O) groups is 1. The van der Waals surface area contributed by atoms with Gasteiger partial charge in [0.2, 0.25) is 0 Å². The highest BCUT2D eigenvalue weighted by molar-refractivity contribution is 5.95. The molecule has 1 aromatic rings. The summed E-state index contributed by atoms with van der Waals surface area (Å²) in [4.78, 5) is 22.2. The van der Waals surface area contributed by atoms with E-state index < -0.39 is 4.92 Å². The number of hydrogen-bond acceptors (Lipinski definition) is 5. The van der Waals surface area contributed by atoms with E-state index in [1.807, 2.05) is 0 Å². The molecule has 2 N–H and O–H groups in total. The van der Waals surface area contributed by atoms with Gasteiger partial charge in [0.1, 0.15) is 0 Å². The molecule has 0 bridgehead atoms. The van der Waals surface area contributed by atoms with Crippen molar-refractivity contribution in [1.82, 2.24) is 10.6 Å². The molecule has 1 fully saturated rings. The lowest BCUT2D eigenvalue weighted by Crippen LogP contribution is -2.30. The van der Waals surface area contributed by atoms with Crippen molar-refractivity contribution in [3.8, 4) is 5.75 Å². The van der Waals surface area contributed by atoms with Crippen LogP contribution in [0.15, 0.2) is 18.2 Å². The van der Waals surface area contributed by atoms with E-state index in [-0.39, 0.29) is 29.8 Å². The number of halogens is 1. The Bertz CT molecular complexity index is 518. The van der Waals surface area contributed by atoms with Crippen LogP contribution in [0.25, 0.3) is 0 Å². The molecule has 7 nitrogen and oxygen atoms in total. The van der Waals surface area contributed by atoms with Crippen molar-refractivity contribution in [2.45, 2.75) is 6.42 Å². The van der Waals surface area contributed by atoms with Gasteiger partial charge in [-0.2, -0.15) is 0 Å². The standard InChI is InChI=1S/C13H17N3O4.ClH/c1-20-12-6-10(2-3-11(12)16(18)19)13(17)15-8-9-4-5-14-7-9;/h2-3,6,9,14H,4-5,7-8H2,1H3,(H,15,17);1H. The number of nitro groups is 1. The number of rotatable bonds is 5. The van der Waals surface area contributed by atoms with Crippen LogP contribution < -0.4 is 15.4 Å². The van der Waals surface area contributed by atoms with Crippen molar-refractivity contribution in [3.63, 3.8) is 0 Å². The molecule has 1 aliphatic rings. The second kappa shape index (κ2) is 7.80. The SMILES string of the molecule is COc1cc(C(=O)NCC2CCNC2)ccc1[N+](=O)[O-].Cl. The summed E-state index contributed by atoms with van der Waals surface area (Å²) in [6.45, 7) is 2.49. The largest absolute Gasteiger partial charge is 0.490 e. The molecule has 8 heteroatoms. The Morgan fingerprint density at radius 2 is 2.33 bits per heavy atom. The smallest absolute Gasteiger partial charge is 0.310 e. The molecule has 21 heavy (non-hydrogen) atoms. The Balaban J connectivity index is 0.00000220. The van der Waals surface area contributed by atoms with Crippen LogP contribution in [0.5, 0.6) is 5.75 Å². The summed E-state index contributed by atoms with van der Waals surface area (Å²) in [6, 6.07) is 4.11. The van der Waals surface area contributed by atoms with E-state index in [9.17, 15) is 14.9 Å². The highest BCUT2D eigenvalue weighted by Crippen LogP contribution is 2.27. The summed E-state index contributed by atoms with van der Waals surface area (Å²) in [6.07, 6.45) is 1.05. The minimum absolute atomic E-state index is 0. The van der Waals surface area contributed by atoms with Gasteiger partial charge in [-0.05, 0) is 31.5 Å². The van der Waals surface area contributed by atoms with Gasteiger partial charge in [-0.3, -0.25) is 14.9 Å². The van der Waals surface area contributed by atoms with Crippen molar-refractivity contribution >= 4 is 24.0 Å². The van der Waals surface area contributed by atoms with Crippen molar-refractivity contribution in [3.05, 3.63) is 33.9 Å². The lowest BCUT2D eigenvalue weighted by atomic mass is 10.1. The van der Waals surface area contributed by atoms with Crippen LogP contribution in [0.1, 0.15) is 16.8 Å². The Kier molecular flexibility index (Phi) is 6.39. The summed E-state index contributed by atoms with van der Waals surface area (Å²) in [5.41, 5.74) is 0.211. The van der Waals surface area contributed by atoms with E-state index in [0.717, 1.165) is 19.5 Å². The van der Waals surface area contributed by atoms with Gasteiger partial charge in [0.25, 0.3) is 5.91 Å². The number of hydrogen-bond donors (Lipinski definition) is 2. The van der Waals surface area contributed by atoms with Crippen LogP contribution in [0.3, 0.4) is 0 Å². The van der Waals surface area contributed by atoms with Gasteiger partial charge in [0.15, 0.2) is 5.75 Å². The summed E-state index contributed by atoms with van der Waals surface area (Å²) in [5.74, 6) is 0.286. The van der Waals surface area contributed by atoms with Gasteiger partial charge in [0.05, 0.1) is 12.0 Å². The molecule has 1 atom stereocenters. The quantitative estimate of drug-likeness (QED) is 0.632. The molecular weight excluding hydrogens is 298 g/mol. The molecule has 0 spiro atoms. The van der Waals surface area contributed by atoms with Crippen molar-refractivity contribution in [1.29, 1.82) is 0 Å². The second-order valence-electron chi connectivity index (χ2n) is 4.71. The van der Waals surface area contributed by atoms with E-state index in [4.69, 9.17) is 4.74 Å². The van der Waals surface area contributed by atoms with Gasteiger partial charge in [-0.25, -0.2) is 0 Å². The van der Waals surface area contributed by atoms with Gasteiger partial charge in [0, 0.05) is 24.2 Å². The predicted octanol–water partition coefficient (Wildman–Crippen LogP) is 1.36. The monoisotopic (exact) mass is 315 g/mol. The molecule has 0 aromatic heterocycles. The van der Waals surface area contributed by atoms with Crippen LogP contribution in [-0.4, -0.2) is 37.6 Å². The van der Waals surface area contributed by atoms with E-state index in [1.54, 1.807) is 0 Å². The molecule has 0 saturated carbocycles. The predicted molar refractivity (Wildman–Crippen MR) is 80.2 cm³/mol. The van der Waals surface area contributed by atoms with Crippen molar-refractivity contribution in [2.75, 3.05) is 26.7 Å².